The summed E-state index contributed by atoms with van der Waals surface area (Å²) < 4.78 is 18.2. The molecule has 1 aromatic carbocycles. The monoisotopic (exact) mass is 222 g/mol. The fourth-order valence-corrected chi connectivity index (χ4v) is 1.72. The van der Waals surface area contributed by atoms with Crippen LogP contribution in [-0.4, -0.2) is 17.2 Å². The Balaban J connectivity index is 2.41. The van der Waals surface area contributed by atoms with Gasteiger partial charge in [0.1, 0.15) is 17.7 Å². The molecule has 1 aromatic rings. The minimum Gasteiger partial charge on any atom is -0.489 e. The number of halogens is 1. The van der Waals surface area contributed by atoms with Crippen LogP contribution in [0.1, 0.15) is 18.9 Å². The summed E-state index contributed by atoms with van der Waals surface area (Å²) >= 11 is 0. The molecule has 0 amide bonds. The van der Waals surface area contributed by atoms with Gasteiger partial charge in [-0.3, -0.25) is 0 Å². The molecule has 1 aliphatic heterocycles. The molecule has 0 aromatic heterocycles. The van der Waals surface area contributed by atoms with Crippen LogP contribution in [0.25, 0.3) is 5.76 Å². The largest absolute Gasteiger partial charge is 0.489 e. The highest BCUT2D eigenvalue weighted by Gasteiger charge is 2.28. The minimum absolute atomic E-state index is 0.147. The first kappa shape index (κ1) is 10.7. The third kappa shape index (κ3) is 1.91. The summed E-state index contributed by atoms with van der Waals surface area (Å²) in [6, 6.07) is 5.61. The zero-order valence-corrected chi connectivity index (χ0v) is 8.74. The van der Waals surface area contributed by atoms with Gasteiger partial charge >= 0.3 is 5.97 Å². The Kier molecular flexibility index (Phi) is 2.64. The molecule has 1 heterocycles. The van der Waals surface area contributed by atoms with Crippen LogP contribution in [0.2, 0.25) is 0 Å². The van der Waals surface area contributed by atoms with Crippen molar-refractivity contribution in [3.05, 3.63) is 41.2 Å². The molecule has 4 heteroatoms. The summed E-state index contributed by atoms with van der Waals surface area (Å²) in [6.45, 7) is 1.81. The molecule has 0 saturated carbocycles. The van der Waals surface area contributed by atoms with E-state index in [2.05, 4.69) is 0 Å². The van der Waals surface area contributed by atoms with E-state index in [1.165, 1.54) is 24.3 Å². The number of benzene rings is 1. The maximum atomic E-state index is 12.7. The Bertz CT molecular complexity index is 448. The number of hydrogen-bond acceptors (Lipinski definition) is 2. The van der Waals surface area contributed by atoms with Gasteiger partial charge in [0, 0.05) is 12.0 Å². The summed E-state index contributed by atoms with van der Waals surface area (Å²) in [5.41, 5.74) is 0.849. The quantitative estimate of drug-likeness (QED) is 0.835. The van der Waals surface area contributed by atoms with Crippen molar-refractivity contribution in [2.75, 3.05) is 0 Å². The van der Waals surface area contributed by atoms with E-state index in [0.29, 0.717) is 17.7 Å². The molecule has 0 aliphatic carbocycles. The molecule has 0 saturated heterocycles. The lowest BCUT2D eigenvalue weighted by Crippen LogP contribution is -2.02. The molecule has 0 radical (unpaired) electrons. The van der Waals surface area contributed by atoms with Crippen LogP contribution in [0, 0.1) is 5.82 Å². The van der Waals surface area contributed by atoms with Crippen molar-refractivity contribution in [3.8, 4) is 0 Å². The Hall–Kier alpha value is -1.84. The van der Waals surface area contributed by atoms with Gasteiger partial charge in [0.2, 0.25) is 0 Å². The molecule has 84 valence electrons. The zero-order valence-electron chi connectivity index (χ0n) is 8.74. The van der Waals surface area contributed by atoms with Crippen LogP contribution in [0.5, 0.6) is 0 Å². The fraction of sp³-hybridized carbons (Fsp3) is 0.250. The van der Waals surface area contributed by atoms with Gasteiger partial charge in [-0.05, 0) is 31.2 Å². The number of ether oxygens (including phenoxy) is 1. The molecule has 2 rings (SSSR count). The Morgan fingerprint density at radius 2 is 2.06 bits per heavy atom. The third-order valence-corrected chi connectivity index (χ3v) is 2.45. The second-order valence-corrected chi connectivity index (χ2v) is 3.75. The minimum atomic E-state index is -0.983. The Labute approximate surface area is 92.2 Å². The summed E-state index contributed by atoms with van der Waals surface area (Å²) in [5.74, 6) is -0.990. The smallest absolute Gasteiger partial charge is 0.335 e. The number of aliphatic carboxylic acids is 1. The summed E-state index contributed by atoms with van der Waals surface area (Å²) in [5, 5.41) is 9.01. The Morgan fingerprint density at radius 1 is 1.44 bits per heavy atom. The first-order valence-corrected chi connectivity index (χ1v) is 4.97. The van der Waals surface area contributed by atoms with Crippen LogP contribution >= 0.6 is 0 Å². The van der Waals surface area contributed by atoms with Crippen molar-refractivity contribution in [2.45, 2.75) is 19.4 Å². The third-order valence-electron chi connectivity index (χ3n) is 2.45. The van der Waals surface area contributed by atoms with Crippen LogP contribution < -0.4 is 0 Å². The highest BCUT2D eigenvalue weighted by Crippen LogP contribution is 2.32. The van der Waals surface area contributed by atoms with Crippen LogP contribution in [0.15, 0.2) is 29.8 Å². The van der Waals surface area contributed by atoms with E-state index in [9.17, 15) is 9.18 Å². The molecule has 1 unspecified atom stereocenters. The molecule has 3 nitrogen and oxygen atoms in total. The van der Waals surface area contributed by atoms with Crippen LogP contribution in [0.4, 0.5) is 4.39 Å². The van der Waals surface area contributed by atoms with Gasteiger partial charge in [-0.15, -0.1) is 0 Å². The van der Waals surface area contributed by atoms with E-state index in [0.717, 1.165) is 0 Å². The molecular weight excluding hydrogens is 211 g/mol. The average Bonchev–Trinajstić information content (AvgIpc) is 2.61. The standard InChI is InChI=1S/C12H11FO3/c1-7-6-10(12(14)15)11(16-7)8-2-4-9(13)5-3-8/h2-5,7H,6H2,1H3,(H,14,15). The predicted octanol–water partition coefficient (Wildman–Crippen LogP) is 2.43. The number of carboxylic acid groups (broad SMARTS) is 1. The van der Waals surface area contributed by atoms with E-state index in [1.54, 1.807) is 6.92 Å². The van der Waals surface area contributed by atoms with Gasteiger partial charge in [0.25, 0.3) is 0 Å². The van der Waals surface area contributed by atoms with Crippen molar-refractivity contribution >= 4 is 11.7 Å². The number of carbonyl (C=O) groups is 1. The van der Waals surface area contributed by atoms with Crippen molar-refractivity contribution < 1.29 is 19.0 Å². The maximum absolute atomic E-state index is 12.7. The number of carboxylic acids is 1. The van der Waals surface area contributed by atoms with Gasteiger partial charge < -0.3 is 9.84 Å². The lowest BCUT2D eigenvalue weighted by Gasteiger charge is -2.07. The Morgan fingerprint density at radius 3 is 2.62 bits per heavy atom. The summed E-state index contributed by atoms with van der Waals surface area (Å²) in [7, 11) is 0. The van der Waals surface area contributed by atoms with E-state index in [1.807, 2.05) is 0 Å². The summed E-state index contributed by atoms with van der Waals surface area (Å²) in [4.78, 5) is 11.0. The van der Waals surface area contributed by atoms with Crippen molar-refractivity contribution in [2.24, 2.45) is 0 Å². The van der Waals surface area contributed by atoms with Crippen molar-refractivity contribution in [1.29, 1.82) is 0 Å². The molecule has 0 spiro atoms. The zero-order chi connectivity index (χ0) is 11.7. The number of hydrogen-bond donors (Lipinski definition) is 1. The predicted molar refractivity (Wildman–Crippen MR) is 56.1 cm³/mol. The van der Waals surface area contributed by atoms with Crippen molar-refractivity contribution in [1.82, 2.24) is 0 Å². The normalized spacial score (nSPS) is 19.8. The molecule has 1 atom stereocenters. The first-order valence-electron chi connectivity index (χ1n) is 4.97. The molecular formula is C12H11FO3. The van der Waals surface area contributed by atoms with Crippen LogP contribution in [0.3, 0.4) is 0 Å². The van der Waals surface area contributed by atoms with E-state index >= 15 is 0 Å². The molecule has 1 N–H and O–H groups in total. The maximum Gasteiger partial charge on any atom is 0.335 e. The van der Waals surface area contributed by atoms with Crippen molar-refractivity contribution in [3.63, 3.8) is 0 Å². The van der Waals surface area contributed by atoms with Gasteiger partial charge in [-0.1, -0.05) is 0 Å². The topological polar surface area (TPSA) is 46.5 Å². The molecule has 0 fully saturated rings. The number of rotatable bonds is 2. The first-order chi connectivity index (χ1) is 7.58. The van der Waals surface area contributed by atoms with E-state index in [4.69, 9.17) is 9.84 Å². The average molecular weight is 222 g/mol. The molecule has 0 bridgehead atoms. The lowest BCUT2D eigenvalue weighted by molar-refractivity contribution is -0.132. The highest BCUT2D eigenvalue weighted by molar-refractivity contribution is 5.95. The van der Waals surface area contributed by atoms with Crippen LogP contribution in [-0.2, 0) is 9.53 Å². The fourth-order valence-electron chi connectivity index (χ4n) is 1.72. The molecule has 16 heavy (non-hydrogen) atoms. The molecule has 1 aliphatic rings. The van der Waals surface area contributed by atoms with E-state index < -0.39 is 5.97 Å². The second-order valence-electron chi connectivity index (χ2n) is 3.75. The highest BCUT2D eigenvalue weighted by atomic mass is 19.1. The van der Waals surface area contributed by atoms with Gasteiger partial charge in [-0.25, -0.2) is 9.18 Å². The SMILES string of the molecule is CC1CC(C(=O)O)=C(c2ccc(F)cc2)O1. The summed E-state index contributed by atoms with van der Waals surface area (Å²) in [6.07, 6.45) is 0.230. The van der Waals surface area contributed by atoms with Gasteiger partial charge in [-0.2, -0.15) is 0 Å². The lowest BCUT2D eigenvalue weighted by atomic mass is 10.1. The van der Waals surface area contributed by atoms with E-state index in [-0.39, 0.29) is 17.5 Å². The second kappa shape index (κ2) is 3.96. The van der Waals surface area contributed by atoms with Gasteiger partial charge in [0.05, 0.1) is 5.57 Å². The van der Waals surface area contributed by atoms with Gasteiger partial charge in [0.15, 0.2) is 0 Å².